The molecule has 0 aromatic carbocycles. The number of amides is 1. The fraction of sp³-hybridized carbons (Fsp3) is 0.833. The van der Waals surface area contributed by atoms with E-state index in [1.807, 2.05) is 0 Å². The van der Waals surface area contributed by atoms with Gasteiger partial charge in [-0.25, -0.2) is 0 Å². The minimum atomic E-state index is -0.802. The second-order valence-corrected chi connectivity index (χ2v) is 4.71. The van der Waals surface area contributed by atoms with Gasteiger partial charge in [0.2, 0.25) is 5.91 Å². The summed E-state index contributed by atoms with van der Waals surface area (Å²) in [6, 6.07) is 0. The summed E-state index contributed by atoms with van der Waals surface area (Å²) in [7, 11) is 1.76. The first-order valence-electron chi connectivity index (χ1n) is 6.26. The predicted molar refractivity (Wildman–Crippen MR) is 64.7 cm³/mol. The topological polar surface area (TPSA) is 69.6 Å². The van der Waals surface area contributed by atoms with Gasteiger partial charge in [0.05, 0.1) is 0 Å². The van der Waals surface area contributed by atoms with Gasteiger partial charge in [-0.1, -0.05) is 0 Å². The van der Waals surface area contributed by atoms with Crippen LogP contribution in [0.4, 0.5) is 0 Å². The highest BCUT2D eigenvalue weighted by Crippen LogP contribution is 2.16. The van der Waals surface area contributed by atoms with Crippen molar-refractivity contribution in [3.05, 3.63) is 0 Å². The van der Waals surface area contributed by atoms with Crippen LogP contribution in [0, 0.1) is 5.92 Å². The van der Waals surface area contributed by atoms with Gasteiger partial charge in [0.25, 0.3) is 0 Å². The summed E-state index contributed by atoms with van der Waals surface area (Å²) in [5.41, 5.74) is 0. The van der Waals surface area contributed by atoms with Crippen LogP contribution in [0.1, 0.15) is 32.1 Å². The van der Waals surface area contributed by atoms with Gasteiger partial charge in [0.1, 0.15) is 0 Å². The maximum Gasteiger partial charge on any atom is 0.303 e. The summed E-state index contributed by atoms with van der Waals surface area (Å²) in [6.07, 6.45) is 3.39. The zero-order valence-corrected chi connectivity index (χ0v) is 10.4. The van der Waals surface area contributed by atoms with E-state index < -0.39 is 5.97 Å². The molecule has 1 saturated heterocycles. The molecule has 1 amide bonds. The Kier molecular flexibility index (Phi) is 5.97. The number of carbonyl (C=O) groups is 2. The zero-order valence-electron chi connectivity index (χ0n) is 10.4. The molecule has 5 nitrogen and oxygen atoms in total. The van der Waals surface area contributed by atoms with Gasteiger partial charge in [-0.15, -0.1) is 0 Å². The molecule has 1 aliphatic heterocycles. The lowest BCUT2D eigenvalue weighted by atomic mass is 9.94. The van der Waals surface area contributed by atoms with Gasteiger partial charge in [-0.05, 0) is 38.3 Å². The molecule has 1 aliphatic rings. The molecule has 0 radical (unpaired) electrons. The number of aliphatic carboxylic acids is 1. The van der Waals surface area contributed by atoms with Gasteiger partial charge >= 0.3 is 5.97 Å². The number of hydrogen-bond donors (Lipinski definition) is 2. The third-order valence-electron chi connectivity index (χ3n) is 3.23. The van der Waals surface area contributed by atoms with E-state index in [1.54, 1.807) is 11.9 Å². The number of nitrogens with zero attached hydrogens (tertiary/aromatic N) is 1. The van der Waals surface area contributed by atoms with Crippen LogP contribution in [-0.4, -0.2) is 48.6 Å². The maximum atomic E-state index is 11.8. The van der Waals surface area contributed by atoms with Crippen LogP contribution in [0.2, 0.25) is 0 Å². The molecular weight excluding hydrogens is 220 g/mol. The molecule has 1 fully saturated rings. The predicted octanol–water partition coefficient (Wildman–Crippen LogP) is 0.699. The van der Waals surface area contributed by atoms with E-state index in [-0.39, 0.29) is 12.3 Å². The molecule has 0 aliphatic carbocycles. The van der Waals surface area contributed by atoms with Crippen LogP contribution in [0.15, 0.2) is 0 Å². The van der Waals surface area contributed by atoms with Crippen molar-refractivity contribution in [2.75, 3.05) is 26.7 Å². The largest absolute Gasteiger partial charge is 0.481 e. The Labute approximate surface area is 102 Å². The summed E-state index contributed by atoms with van der Waals surface area (Å²) in [5.74, 6) is -0.169. The monoisotopic (exact) mass is 242 g/mol. The number of hydrogen-bond acceptors (Lipinski definition) is 3. The van der Waals surface area contributed by atoms with Crippen LogP contribution in [-0.2, 0) is 9.59 Å². The molecule has 0 atom stereocenters. The van der Waals surface area contributed by atoms with Crippen LogP contribution in [0.3, 0.4) is 0 Å². The molecule has 2 N–H and O–H groups in total. The molecular formula is C12H22N2O3. The lowest BCUT2D eigenvalue weighted by Crippen LogP contribution is -2.33. The van der Waals surface area contributed by atoms with Gasteiger partial charge in [0, 0.05) is 26.4 Å². The van der Waals surface area contributed by atoms with Crippen molar-refractivity contribution in [2.24, 2.45) is 5.92 Å². The highest BCUT2D eigenvalue weighted by molar-refractivity contribution is 5.76. The smallest absolute Gasteiger partial charge is 0.303 e. The number of rotatable bonds is 6. The molecule has 0 bridgehead atoms. The standard InChI is InChI=1S/C12H22N2O3/c1-14(8-2-3-12(16)17)11(15)9-10-4-6-13-7-5-10/h10,13H,2-9H2,1H3,(H,16,17). The maximum absolute atomic E-state index is 11.8. The third kappa shape index (κ3) is 5.68. The van der Waals surface area contributed by atoms with E-state index in [2.05, 4.69) is 5.32 Å². The second kappa shape index (κ2) is 7.27. The van der Waals surface area contributed by atoms with Crippen LogP contribution < -0.4 is 5.32 Å². The Hall–Kier alpha value is -1.10. The minimum Gasteiger partial charge on any atom is -0.481 e. The fourth-order valence-corrected chi connectivity index (χ4v) is 2.08. The summed E-state index contributed by atoms with van der Waals surface area (Å²) >= 11 is 0. The fourth-order valence-electron chi connectivity index (χ4n) is 2.08. The van der Waals surface area contributed by atoms with Crippen molar-refractivity contribution in [1.29, 1.82) is 0 Å². The summed E-state index contributed by atoms with van der Waals surface area (Å²) in [4.78, 5) is 23.9. The third-order valence-corrected chi connectivity index (χ3v) is 3.23. The first kappa shape index (κ1) is 14.0. The number of carbonyl (C=O) groups excluding carboxylic acids is 1. The van der Waals surface area contributed by atoms with Gasteiger partial charge in [0.15, 0.2) is 0 Å². The number of piperidine rings is 1. The Morgan fingerprint density at radius 1 is 1.35 bits per heavy atom. The number of carboxylic acids is 1. The van der Waals surface area contributed by atoms with Crippen molar-refractivity contribution in [3.63, 3.8) is 0 Å². The number of nitrogens with one attached hydrogen (secondary N) is 1. The van der Waals surface area contributed by atoms with E-state index in [0.717, 1.165) is 25.9 Å². The Balaban J connectivity index is 2.18. The van der Waals surface area contributed by atoms with Crippen LogP contribution >= 0.6 is 0 Å². The molecule has 0 unspecified atom stereocenters. The van der Waals surface area contributed by atoms with Crippen LogP contribution in [0.25, 0.3) is 0 Å². The highest BCUT2D eigenvalue weighted by atomic mass is 16.4. The average Bonchev–Trinajstić information content (AvgIpc) is 2.29. The first-order chi connectivity index (χ1) is 8.09. The van der Waals surface area contributed by atoms with Crippen molar-refractivity contribution >= 4 is 11.9 Å². The lowest BCUT2D eigenvalue weighted by Gasteiger charge is -2.24. The number of carboxylic acid groups (broad SMARTS) is 1. The van der Waals surface area contributed by atoms with Crippen molar-refractivity contribution in [2.45, 2.75) is 32.1 Å². The van der Waals surface area contributed by atoms with Gasteiger partial charge < -0.3 is 15.3 Å². The summed E-state index contributed by atoms with van der Waals surface area (Å²) in [5, 5.41) is 11.8. The van der Waals surface area contributed by atoms with Crippen molar-refractivity contribution < 1.29 is 14.7 Å². The normalized spacial score (nSPS) is 16.8. The molecule has 98 valence electrons. The Bertz CT molecular complexity index is 262. The van der Waals surface area contributed by atoms with Crippen molar-refractivity contribution in [1.82, 2.24) is 10.2 Å². The highest BCUT2D eigenvalue weighted by Gasteiger charge is 2.18. The Morgan fingerprint density at radius 3 is 2.59 bits per heavy atom. The molecule has 5 heteroatoms. The quantitative estimate of drug-likeness (QED) is 0.719. The molecule has 0 saturated carbocycles. The van der Waals surface area contributed by atoms with Gasteiger partial charge in [-0.3, -0.25) is 9.59 Å². The molecule has 1 heterocycles. The SMILES string of the molecule is CN(CCCC(=O)O)C(=O)CC1CCNCC1. The average molecular weight is 242 g/mol. The van der Waals surface area contributed by atoms with E-state index in [9.17, 15) is 9.59 Å². The zero-order chi connectivity index (χ0) is 12.7. The first-order valence-corrected chi connectivity index (χ1v) is 6.26. The molecule has 17 heavy (non-hydrogen) atoms. The van der Waals surface area contributed by atoms with E-state index >= 15 is 0 Å². The molecule has 0 aromatic rings. The van der Waals surface area contributed by atoms with E-state index in [4.69, 9.17) is 5.11 Å². The minimum absolute atomic E-state index is 0.130. The van der Waals surface area contributed by atoms with Crippen molar-refractivity contribution in [3.8, 4) is 0 Å². The van der Waals surface area contributed by atoms with Crippen LogP contribution in [0.5, 0.6) is 0 Å². The van der Waals surface area contributed by atoms with E-state index in [1.165, 1.54) is 0 Å². The summed E-state index contributed by atoms with van der Waals surface area (Å²) in [6.45, 7) is 2.54. The lowest BCUT2D eigenvalue weighted by molar-refractivity contribution is -0.138. The van der Waals surface area contributed by atoms with Gasteiger partial charge in [-0.2, -0.15) is 0 Å². The molecule has 0 spiro atoms. The summed E-state index contributed by atoms with van der Waals surface area (Å²) < 4.78 is 0. The molecule has 0 aromatic heterocycles. The van der Waals surface area contributed by atoms with E-state index in [0.29, 0.717) is 25.3 Å². The second-order valence-electron chi connectivity index (χ2n) is 4.71. The molecule has 1 rings (SSSR count). The Morgan fingerprint density at radius 2 is 2.00 bits per heavy atom.